The zero-order valence-corrected chi connectivity index (χ0v) is 18.2. The first kappa shape index (κ1) is 20.0. The molecule has 0 spiro atoms. The van der Waals surface area contributed by atoms with Gasteiger partial charge in [-0.05, 0) is 38.3 Å². The maximum absolute atomic E-state index is 12.8. The molecule has 0 atom stereocenters. The van der Waals surface area contributed by atoms with Gasteiger partial charge >= 0.3 is 0 Å². The molecule has 0 bridgehead atoms. The van der Waals surface area contributed by atoms with Crippen LogP contribution in [-0.4, -0.2) is 46.3 Å². The third-order valence-electron chi connectivity index (χ3n) is 5.37. The predicted molar refractivity (Wildman–Crippen MR) is 112 cm³/mol. The molecule has 1 aromatic carbocycles. The van der Waals surface area contributed by atoms with Gasteiger partial charge in [-0.25, -0.2) is 18.4 Å². The number of aryl methyl sites for hydroxylation is 3. The third kappa shape index (κ3) is 3.79. The minimum atomic E-state index is -3.63. The van der Waals surface area contributed by atoms with Crippen molar-refractivity contribution < 1.29 is 13.2 Å². The lowest BCUT2D eigenvalue weighted by Gasteiger charge is -2.29. The molecule has 1 aliphatic heterocycles. The molecular formula is C19H23N5O3S2. The van der Waals surface area contributed by atoms with Gasteiger partial charge in [-0.15, -0.1) is 0 Å². The van der Waals surface area contributed by atoms with E-state index in [0.29, 0.717) is 36.9 Å². The summed E-state index contributed by atoms with van der Waals surface area (Å²) in [6.07, 6.45) is 2.47. The van der Waals surface area contributed by atoms with Gasteiger partial charge in [0.05, 0.1) is 10.2 Å². The zero-order chi connectivity index (χ0) is 20.8. The summed E-state index contributed by atoms with van der Waals surface area (Å²) < 4.78 is 29.7. The lowest BCUT2D eigenvalue weighted by Crippen LogP contribution is -2.41. The van der Waals surface area contributed by atoms with Gasteiger partial charge in [0.25, 0.3) is 10.0 Å². The number of hydrogen-bond donors (Lipinski definition) is 1. The summed E-state index contributed by atoms with van der Waals surface area (Å²) in [5, 5.41) is 3.55. The Balaban J connectivity index is 1.41. The number of carbonyl (C=O) groups excluding carboxylic acids is 1. The predicted octanol–water partition coefficient (Wildman–Crippen LogP) is 2.69. The highest BCUT2D eigenvalue weighted by Crippen LogP contribution is 2.29. The summed E-state index contributed by atoms with van der Waals surface area (Å²) in [4.78, 5) is 21.3. The number of fused-ring (bicyclic) bond motifs is 1. The Morgan fingerprint density at radius 3 is 2.55 bits per heavy atom. The number of aromatic nitrogens is 3. The number of rotatable bonds is 4. The van der Waals surface area contributed by atoms with Gasteiger partial charge in [0.15, 0.2) is 10.2 Å². The van der Waals surface area contributed by atoms with Gasteiger partial charge in [-0.2, -0.15) is 4.31 Å². The lowest BCUT2D eigenvalue weighted by molar-refractivity contribution is -0.120. The molecule has 8 nitrogen and oxygen atoms in total. The Labute approximate surface area is 173 Å². The van der Waals surface area contributed by atoms with E-state index in [1.165, 1.54) is 21.8 Å². The minimum absolute atomic E-state index is 0.0604. The number of nitrogens with one attached hydrogen (secondary N) is 1. The normalized spacial score (nSPS) is 16.4. The maximum atomic E-state index is 12.8. The molecule has 2 aromatic heterocycles. The highest BCUT2D eigenvalue weighted by atomic mass is 32.2. The molecule has 0 saturated carbocycles. The number of amides is 1. The summed E-state index contributed by atoms with van der Waals surface area (Å²) in [6, 6.07) is 5.95. The number of nitrogens with zero attached hydrogens (tertiary/aromatic N) is 4. The molecule has 1 aliphatic rings. The summed E-state index contributed by atoms with van der Waals surface area (Å²) in [6.45, 7) is 4.36. The van der Waals surface area contributed by atoms with E-state index < -0.39 is 10.0 Å². The fourth-order valence-corrected chi connectivity index (χ4v) is 5.93. The number of anilines is 1. The highest BCUT2D eigenvalue weighted by Gasteiger charge is 2.33. The van der Waals surface area contributed by atoms with E-state index in [4.69, 9.17) is 0 Å². The number of carbonyl (C=O) groups is 1. The third-order valence-corrected chi connectivity index (χ3v) is 8.07. The minimum Gasteiger partial charge on any atom is -0.337 e. The van der Waals surface area contributed by atoms with Crippen LogP contribution in [0.15, 0.2) is 29.4 Å². The molecule has 10 heteroatoms. The highest BCUT2D eigenvalue weighted by molar-refractivity contribution is 7.89. The van der Waals surface area contributed by atoms with Crippen molar-refractivity contribution in [1.82, 2.24) is 18.8 Å². The van der Waals surface area contributed by atoms with Gasteiger partial charge in [0.2, 0.25) is 5.91 Å². The van der Waals surface area contributed by atoms with Crippen molar-refractivity contribution in [1.29, 1.82) is 0 Å². The first-order valence-electron chi connectivity index (χ1n) is 9.43. The number of thiazole rings is 1. The number of benzene rings is 1. The summed E-state index contributed by atoms with van der Waals surface area (Å²) in [5.74, 6) is 0.302. The first-order chi connectivity index (χ1) is 13.8. The van der Waals surface area contributed by atoms with E-state index in [0.717, 1.165) is 15.8 Å². The molecule has 154 valence electrons. The van der Waals surface area contributed by atoms with Crippen molar-refractivity contribution in [2.45, 2.75) is 31.7 Å². The molecule has 29 heavy (non-hydrogen) atoms. The van der Waals surface area contributed by atoms with Crippen molar-refractivity contribution in [3.05, 3.63) is 35.8 Å². The fourth-order valence-electron chi connectivity index (χ4n) is 3.49. The van der Waals surface area contributed by atoms with Crippen LogP contribution in [0.25, 0.3) is 10.2 Å². The van der Waals surface area contributed by atoms with E-state index in [1.807, 2.05) is 25.1 Å². The Morgan fingerprint density at radius 1 is 1.21 bits per heavy atom. The summed E-state index contributed by atoms with van der Waals surface area (Å²) in [7, 11) is -1.87. The average Bonchev–Trinajstić information content (AvgIpc) is 3.26. The van der Waals surface area contributed by atoms with Crippen molar-refractivity contribution in [3.63, 3.8) is 0 Å². The molecular weight excluding hydrogens is 410 g/mol. The van der Waals surface area contributed by atoms with Crippen LogP contribution in [0, 0.1) is 19.8 Å². The number of sulfonamides is 1. The Morgan fingerprint density at radius 2 is 1.93 bits per heavy atom. The zero-order valence-electron chi connectivity index (χ0n) is 16.5. The SMILES string of the molecule is Cc1cccc2sc(NC(=O)C3CCN(S(=O)(=O)c4cn(C)c(C)n4)CC3)nc12. The van der Waals surface area contributed by atoms with E-state index in [2.05, 4.69) is 15.3 Å². The van der Waals surface area contributed by atoms with E-state index in [9.17, 15) is 13.2 Å². The lowest BCUT2D eigenvalue weighted by atomic mass is 9.97. The number of hydrogen-bond acceptors (Lipinski definition) is 6. The topological polar surface area (TPSA) is 97.2 Å². The maximum Gasteiger partial charge on any atom is 0.262 e. The van der Waals surface area contributed by atoms with E-state index >= 15 is 0 Å². The van der Waals surface area contributed by atoms with Crippen molar-refractivity contribution >= 4 is 42.6 Å². The quantitative estimate of drug-likeness (QED) is 0.682. The molecule has 0 unspecified atom stereocenters. The Bertz CT molecular complexity index is 1150. The van der Waals surface area contributed by atoms with Crippen LogP contribution in [0.4, 0.5) is 5.13 Å². The molecule has 0 aliphatic carbocycles. The van der Waals surface area contributed by atoms with Gasteiger partial charge < -0.3 is 9.88 Å². The molecule has 1 amide bonds. The van der Waals surface area contributed by atoms with Crippen molar-refractivity contribution in [3.8, 4) is 0 Å². The molecule has 1 saturated heterocycles. The molecule has 4 rings (SSSR count). The standard InChI is InChI=1S/C19H23N5O3S2/c1-12-5-4-6-15-17(12)21-19(28-15)22-18(25)14-7-9-24(10-8-14)29(26,27)16-11-23(3)13(2)20-16/h4-6,11,14H,7-10H2,1-3H3,(H,21,22,25). The Hall–Kier alpha value is -2.30. The van der Waals surface area contributed by atoms with E-state index in [-0.39, 0.29) is 16.9 Å². The van der Waals surface area contributed by atoms with Gasteiger partial charge in [-0.3, -0.25) is 4.79 Å². The second-order valence-electron chi connectivity index (χ2n) is 7.35. The number of imidazole rings is 1. The number of para-hydroxylation sites is 1. The monoisotopic (exact) mass is 433 g/mol. The van der Waals surface area contributed by atoms with Crippen LogP contribution < -0.4 is 5.32 Å². The molecule has 1 fully saturated rings. The van der Waals surface area contributed by atoms with Crippen molar-refractivity contribution in [2.24, 2.45) is 13.0 Å². The second-order valence-corrected chi connectivity index (χ2v) is 10.3. The second kappa shape index (κ2) is 7.51. The molecule has 3 heterocycles. The van der Waals surface area contributed by atoms with Crippen molar-refractivity contribution in [2.75, 3.05) is 18.4 Å². The van der Waals surface area contributed by atoms with Crippen LogP contribution in [0.1, 0.15) is 24.2 Å². The molecule has 0 radical (unpaired) electrons. The van der Waals surface area contributed by atoms with Gasteiger partial charge in [-0.1, -0.05) is 23.5 Å². The summed E-state index contributed by atoms with van der Waals surface area (Å²) >= 11 is 1.45. The van der Waals surface area contributed by atoms with Crippen LogP contribution in [-0.2, 0) is 21.9 Å². The van der Waals surface area contributed by atoms with Crippen LogP contribution in [0.3, 0.4) is 0 Å². The van der Waals surface area contributed by atoms with Crippen LogP contribution >= 0.6 is 11.3 Å². The molecule has 3 aromatic rings. The van der Waals surface area contributed by atoms with Gasteiger partial charge in [0.1, 0.15) is 5.82 Å². The number of piperidine rings is 1. The largest absolute Gasteiger partial charge is 0.337 e. The van der Waals surface area contributed by atoms with Crippen LogP contribution in [0.5, 0.6) is 0 Å². The molecule has 1 N–H and O–H groups in total. The first-order valence-corrected chi connectivity index (χ1v) is 11.7. The average molecular weight is 434 g/mol. The van der Waals surface area contributed by atoms with E-state index in [1.54, 1.807) is 18.5 Å². The summed E-state index contributed by atoms with van der Waals surface area (Å²) in [5.41, 5.74) is 1.97. The van der Waals surface area contributed by atoms with Gasteiger partial charge in [0, 0.05) is 32.3 Å². The smallest absolute Gasteiger partial charge is 0.262 e. The van der Waals surface area contributed by atoms with Crippen LogP contribution in [0.2, 0.25) is 0 Å². The fraction of sp³-hybridized carbons (Fsp3) is 0.421. The Kier molecular flexibility index (Phi) is 5.18.